The summed E-state index contributed by atoms with van der Waals surface area (Å²) in [6.45, 7) is 8.83. The van der Waals surface area contributed by atoms with Crippen molar-refractivity contribution in [2.45, 2.75) is 38.5 Å². The standard InChI is InChI=1S/C19H30N2O3/c1-16-15-24-19(14-22)13-21(16)12-17-4-6-18(7-5-17)23-11-10-20-8-2-3-9-20/h4-7,16,19,22H,2-3,8-15H2,1H3. The Kier molecular flexibility index (Phi) is 6.49. The smallest absolute Gasteiger partial charge is 0.119 e. The number of aliphatic hydroxyl groups is 1. The molecule has 0 aromatic heterocycles. The lowest BCUT2D eigenvalue weighted by atomic mass is 10.1. The van der Waals surface area contributed by atoms with Crippen LogP contribution in [0.15, 0.2) is 24.3 Å². The highest BCUT2D eigenvalue weighted by Gasteiger charge is 2.25. The van der Waals surface area contributed by atoms with Crippen molar-refractivity contribution in [3.8, 4) is 5.75 Å². The van der Waals surface area contributed by atoms with Crippen molar-refractivity contribution < 1.29 is 14.6 Å². The molecule has 0 aliphatic carbocycles. The van der Waals surface area contributed by atoms with E-state index in [9.17, 15) is 5.11 Å². The van der Waals surface area contributed by atoms with Crippen molar-refractivity contribution in [3.05, 3.63) is 29.8 Å². The molecule has 2 fully saturated rings. The van der Waals surface area contributed by atoms with Crippen LogP contribution in [0.5, 0.6) is 5.75 Å². The fourth-order valence-corrected chi connectivity index (χ4v) is 3.43. The van der Waals surface area contributed by atoms with Crippen molar-refractivity contribution in [2.24, 2.45) is 0 Å². The highest BCUT2D eigenvalue weighted by atomic mass is 16.5. The first kappa shape index (κ1) is 17.7. The maximum atomic E-state index is 9.29. The molecule has 0 saturated carbocycles. The largest absolute Gasteiger partial charge is 0.492 e. The average Bonchev–Trinajstić information content (AvgIpc) is 3.12. The summed E-state index contributed by atoms with van der Waals surface area (Å²) in [4.78, 5) is 4.83. The Morgan fingerprint density at radius 2 is 1.96 bits per heavy atom. The Morgan fingerprint density at radius 1 is 1.21 bits per heavy atom. The molecule has 1 N–H and O–H groups in total. The maximum absolute atomic E-state index is 9.29. The van der Waals surface area contributed by atoms with E-state index in [-0.39, 0.29) is 12.7 Å². The van der Waals surface area contributed by atoms with Crippen molar-refractivity contribution in [1.82, 2.24) is 9.80 Å². The van der Waals surface area contributed by atoms with E-state index in [0.717, 1.165) is 32.0 Å². The highest BCUT2D eigenvalue weighted by molar-refractivity contribution is 5.27. The molecule has 2 aliphatic rings. The number of morpholine rings is 1. The van der Waals surface area contributed by atoms with Gasteiger partial charge in [0.25, 0.3) is 0 Å². The Bertz CT molecular complexity index is 488. The molecule has 24 heavy (non-hydrogen) atoms. The Hall–Kier alpha value is -1.14. The van der Waals surface area contributed by atoms with E-state index < -0.39 is 0 Å². The van der Waals surface area contributed by atoms with Crippen LogP contribution in [0.25, 0.3) is 0 Å². The molecule has 134 valence electrons. The van der Waals surface area contributed by atoms with Gasteiger partial charge in [-0.1, -0.05) is 12.1 Å². The Balaban J connectivity index is 1.45. The van der Waals surface area contributed by atoms with Gasteiger partial charge in [-0.3, -0.25) is 9.80 Å². The molecule has 2 saturated heterocycles. The molecule has 0 amide bonds. The zero-order valence-corrected chi connectivity index (χ0v) is 14.7. The summed E-state index contributed by atoms with van der Waals surface area (Å²) < 4.78 is 11.5. The molecule has 2 heterocycles. The molecular weight excluding hydrogens is 304 g/mol. The van der Waals surface area contributed by atoms with Crippen molar-refractivity contribution in [1.29, 1.82) is 0 Å². The average molecular weight is 334 g/mol. The van der Waals surface area contributed by atoms with E-state index in [4.69, 9.17) is 9.47 Å². The van der Waals surface area contributed by atoms with Gasteiger partial charge in [-0.25, -0.2) is 0 Å². The SMILES string of the molecule is CC1COC(CO)CN1Cc1ccc(OCCN2CCCC2)cc1. The van der Waals surface area contributed by atoms with Gasteiger partial charge in [0.2, 0.25) is 0 Å². The number of hydrogen-bond donors (Lipinski definition) is 1. The van der Waals surface area contributed by atoms with Crippen LogP contribution in [0.3, 0.4) is 0 Å². The molecule has 3 rings (SSSR count). The number of aliphatic hydroxyl groups excluding tert-OH is 1. The molecule has 2 unspecified atom stereocenters. The van der Waals surface area contributed by atoms with Gasteiger partial charge in [-0.2, -0.15) is 0 Å². The molecule has 0 bridgehead atoms. The summed E-state index contributed by atoms with van der Waals surface area (Å²) in [6, 6.07) is 8.79. The number of benzene rings is 1. The summed E-state index contributed by atoms with van der Waals surface area (Å²) in [6.07, 6.45) is 2.59. The van der Waals surface area contributed by atoms with Gasteiger partial charge in [-0.05, 0) is 50.6 Å². The van der Waals surface area contributed by atoms with Gasteiger partial charge < -0.3 is 14.6 Å². The predicted octanol–water partition coefficient (Wildman–Crippen LogP) is 1.74. The van der Waals surface area contributed by atoms with Crippen LogP contribution in [-0.2, 0) is 11.3 Å². The van der Waals surface area contributed by atoms with Gasteiger partial charge in [0.15, 0.2) is 0 Å². The van der Waals surface area contributed by atoms with Gasteiger partial charge in [0, 0.05) is 25.7 Å². The number of likely N-dealkylation sites (tertiary alicyclic amines) is 1. The third-order valence-electron chi connectivity index (χ3n) is 5.02. The fraction of sp³-hybridized carbons (Fsp3) is 0.684. The van der Waals surface area contributed by atoms with Crippen molar-refractivity contribution >= 4 is 0 Å². The molecule has 0 spiro atoms. The second-order valence-corrected chi connectivity index (χ2v) is 6.96. The van der Waals surface area contributed by atoms with E-state index in [1.54, 1.807) is 0 Å². The summed E-state index contributed by atoms with van der Waals surface area (Å²) in [5.41, 5.74) is 1.27. The summed E-state index contributed by atoms with van der Waals surface area (Å²) in [7, 11) is 0. The minimum atomic E-state index is -0.0607. The van der Waals surface area contributed by atoms with Crippen LogP contribution in [0, 0.1) is 0 Å². The first-order chi connectivity index (χ1) is 11.7. The lowest BCUT2D eigenvalue weighted by Gasteiger charge is -2.37. The minimum Gasteiger partial charge on any atom is -0.492 e. The second kappa shape index (κ2) is 8.81. The summed E-state index contributed by atoms with van der Waals surface area (Å²) in [5, 5.41) is 9.29. The lowest BCUT2D eigenvalue weighted by molar-refractivity contribution is -0.0805. The van der Waals surface area contributed by atoms with E-state index in [2.05, 4.69) is 41.0 Å². The topological polar surface area (TPSA) is 45.2 Å². The first-order valence-electron chi connectivity index (χ1n) is 9.15. The number of hydrogen-bond acceptors (Lipinski definition) is 5. The molecule has 2 aliphatic heterocycles. The molecule has 2 atom stereocenters. The molecule has 0 radical (unpaired) electrons. The molecule has 5 nitrogen and oxygen atoms in total. The normalized spacial score (nSPS) is 25.9. The third-order valence-corrected chi connectivity index (χ3v) is 5.02. The Labute approximate surface area is 145 Å². The lowest BCUT2D eigenvalue weighted by Crippen LogP contribution is -2.48. The zero-order valence-electron chi connectivity index (χ0n) is 14.7. The number of rotatable bonds is 7. The van der Waals surface area contributed by atoms with Crippen LogP contribution in [0.4, 0.5) is 0 Å². The first-order valence-corrected chi connectivity index (χ1v) is 9.15. The van der Waals surface area contributed by atoms with E-state index >= 15 is 0 Å². The maximum Gasteiger partial charge on any atom is 0.119 e. The Morgan fingerprint density at radius 3 is 2.67 bits per heavy atom. The van der Waals surface area contributed by atoms with Crippen LogP contribution < -0.4 is 4.74 Å². The van der Waals surface area contributed by atoms with Gasteiger partial charge in [0.1, 0.15) is 12.4 Å². The molecular formula is C19H30N2O3. The van der Waals surface area contributed by atoms with E-state index in [0.29, 0.717) is 12.6 Å². The quantitative estimate of drug-likeness (QED) is 0.823. The highest BCUT2D eigenvalue weighted by Crippen LogP contribution is 2.18. The van der Waals surface area contributed by atoms with Gasteiger partial charge >= 0.3 is 0 Å². The fourth-order valence-electron chi connectivity index (χ4n) is 3.43. The van der Waals surface area contributed by atoms with Crippen molar-refractivity contribution in [3.63, 3.8) is 0 Å². The zero-order chi connectivity index (χ0) is 16.8. The predicted molar refractivity (Wildman–Crippen MR) is 94.3 cm³/mol. The summed E-state index contributed by atoms with van der Waals surface area (Å²) >= 11 is 0. The summed E-state index contributed by atoms with van der Waals surface area (Å²) in [5.74, 6) is 0.946. The van der Waals surface area contributed by atoms with Gasteiger partial charge in [-0.15, -0.1) is 0 Å². The van der Waals surface area contributed by atoms with Crippen LogP contribution in [0.2, 0.25) is 0 Å². The van der Waals surface area contributed by atoms with Crippen LogP contribution in [0.1, 0.15) is 25.3 Å². The van der Waals surface area contributed by atoms with Crippen LogP contribution in [-0.4, -0.2) is 73.1 Å². The number of nitrogens with zero attached hydrogens (tertiary/aromatic N) is 2. The monoisotopic (exact) mass is 334 g/mol. The molecule has 5 heteroatoms. The number of ether oxygens (including phenoxy) is 2. The van der Waals surface area contributed by atoms with Crippen molar-refractivity contribution in [2.75, 3.05) is 46.0 Å². The third kappa shape index (κ3) is 4.93. The second-order valence-electron chi connectivity index (χ2n) is 6.96. The van der Waals surface area contributed by atoms with E-state index in [1.807, 2.05) is 0 Å². The minimum absolute atomic E-state index is 0.0607. The van der Waals surface area contributed by atoms with E-state index in [1.165, 1.54) is 31.5 Å². The molecule has 1 aromatic carbocycles. The van der Waals surface area contributed by atoms with Gasteiger partial charge in [0.05, 0.1) is 19.3 Å². The van der Waals surface area contributed by atoms with Crippen LogP contribution >= 0.6 is 0 Å². The molecule has 1 aromatic rings.